The molecule has 0 N–H and O–H groups in total. The van der Waals surface area contributed by atoms with Crippen LogP contribution in [-0.2, 0) is 0 Å². The van der Waals surface area contributed by atoms with Gasteiger partial charge in [-0.3, -0.25) is 0 Å². The van der Waals surface area contributed by atoms with Gasteiger partial charge in [0, 0.05) is 0 Å². The van der Waals surface area contributed by atoms with Crippen LogP contribution in [0.3, 0.4) is 0 Å². The average Bonchev–Trinajstić information content (AvgIpc) is 2.07. The van der Waals surface area contributed by atoms with Crippen LogP contribution in [0.5, 0.6) is 11.5 Å². The molecule has 62 valence electrons. The van der Waals surface area contributed by atoms with E-state index >= 15 is 0 Å². The SMILES string of the molecule is COc1cc2c(cc1OC)C=C2. The molecule has 1 aliphatic rings. The summed E-state index contributed by atoms with van der Waals surface area (Å²) in [5.74, 6) is 1.58. The van der Waals surface area contributed by atoms with Gasteiger partial charge in [-0.1, -0.05) is 12.2 Å². The first-order chi connectivity index (χ1) is 5.85. The lowest BCUT2D eigenvalue weighted by atomic mass is 9.97. The molecule has 2 rings (SSSR count). The summed E-state index contributed by atoms with van der Waals surface area (Å²) in [6, 6.07) is 3.96. The van der Waals surface area contributed by atoms with Crippen LogP contribution in [0.1, 0.15) is 11.1 Å². The van der Waals surface area contributed by atoms with Gasteiger partial charge in [-0.05, 0) is 23.3 Å². The van der Waals surface area contributed by atoms with Crippen LogP contribution in [0.25, 0.3) is 12.2 Å². The lowest BCUT2D eigenvalue weighted by Crippen LogP contribution is -1.95. The third-order valence-corrected chi connectivity index (χ3v) is 2.03. The molecule has 0 aliphatic heterocycles. The summed E-state index contributed by atoms with van der Waals surface area (Å²) in [6.07, 6.45) is 4.11. The van der Waals surface area contributed by atoms with Gasteiger partial charge in [-0.2, -0.15) is 0 Å². The molecule has 0 saturated carbocycles. The van der Waals surface area contributed by atoms with Gasteiger partial charge in [0.1, 0.15) is 0 Å². The number of fused-ring (bicyclic) bond motifs is 1. The minimum absolute atomic E-state index is 0.792. The van der Waals surface area contributed by atoms with E-state index in [1.165, 1.54) is 11.1 Å². The van der Waals surface area contributed by atoms with E-state index in [9.17, 15) is 0 Å². The fourth-order valence-corrected chi connectivity index (χ4v) is 1.28. The summed E-state index contributed by atoms with van der Waals surface area (Å²) in [6.45, 7) is 0. The third kappa shape index (κ3) is 0.881. The summed E-state index contributed by atoms with van der Waals surface area (Å²) in [5, 5.41) is 0. The van der Waals surface area contributed by atoms with Gasteiger partial charge in [-0.25, -0.2) is 0 Å². The molecule has 0 aromatic heterocycles. The minimum atomic E-state index is 0.792. The Hall–Kier alpha value is -1.44. The lowest BCUT2D eigenvalue weighted by Gasteiger charge is -2.14. The molecule has 12 heavy (non-hydrogen) atoms. The first-order valence-corrected chi connectivity index (χ1v) is 3.79. The number of hydrogen-bond donors (Lipinski definition) is 0. The summed E-state index contributed by atoms with van der Waals surface area (Å²) in [4.78, 5) is 0. The van der Waals surface area contributed by atoms with Crippen molar-refractivity contribution in [3.8, 4) is 11.5 Å². The monoisotopic (exact) mass is 162 g/mol. The molecular weight excluding hydrogens is 152 g/mol. The maximum Gasteiger partial charge on any atom is 0.161 e. The summed E-state index contributed by atoms with van der Waals surface area (Å²) < 4.78 is 10.3. The molecule has 0 fully saturated rings. The predicted octanol–water partition coefficient (Wildman–Crippen LogP) is 2.19. The van der Waals surface area contributed by atoms with E-state index in [0.717, 1.165) is 11.5 Å². The molecule has 0 atom stereocenters. The molecule has 2 heteroatoms. The van der Waals surface area contributed by atoms with E-state index < -0.39 is 0 Å². The highest BCUT2D eigenvalue weighted by molar-refractivity contribution is 5.87. The highest BCUT2D eigenvalue weighted by atomic mass is 16.5. The van der Waals surface area contributed by atoms with Crippen molar-refractivity contribution in [1.29, 1.82) is 0 Å². The first-order valence-electron chi connectivity index (χ1n) is 3.79. The zero-order chi connectivity index (χ0) is 8.55. The van der Waals surface area contributed by atoms with Gasteiger partial charge in [-0.15, -0.1) is 0 Å². The zero-order valence-corrected chi connectivity index (χ0v) is 7.13. The van der Waals surface area contributed by atoms with E-state index in [0.29, 0.717) is 0 Å². The molecule has 0 heterocycles. The van der Waals surface area contributed by atoms with Crippen molar-refractivity contribution >= 4 is 12.2 Å². The smallest absolute Gasteiger partial charge is 0.161 e. The summed E-state index contributed by atoms with van der Waals surface area (Å²) >= 11 is 0. The highest BCUT2D eigenvalue weighted by Gasteiger charge is 2.11. The number of rotatable bonds is 2. The molecular formula is C10H10O2. The fourth-order valence-electron chi connectivity index (χ4n) is 1.28. The Morgan fingerprint density at radius 2 is 1.25 bits per heavy atom. The topological polar surface area (TPSA) is 18.5 Å². The molecule has 0 saturated heterocycles. The van der Waals surface area contributed by atoms with E-state index in [2.05, 4.69) is 12.2 Å². The quantitative estimate of drug-likeness (QED) is 0.673. The summed E-state index contributed by atoms with van der Waals surface area (Å²) in [7, 11) is 3.29. The van der Waals surface area contributed by atoms with Crippen molar-refractivity contribution in [2.45, 2.75) is 0 Å². The molecule has 1 aromatic rings. The van der Waals surface area contributed by atoms with Crippen LogP contribution in [0.2, 0.25) is 0 Å². The van der Waals surface area contributed by atoms with Gasteiger partial charge in [0.2, 0.25) is 0 Å². The number of benzene rings is 1. The highest BCUT2D eigenvalue weighted by Crippen LogP contribution is 2.35. The number of ether oxygens (including phenoxy) is 2. The zero-order valence-electron chi connectivity index (χ0n) is 7.13. The second-order valence-corrected chi connectivity index (χ2v) is 2.67. The van der Waals surface area contributed by atoms with Crippen LogP contribution >= 0.6 is 0 Å². The predicted molar refractivity (Wildman–Crippen MR) is 48.5 cm³/mol. The maximum atomic E-state index is 5.15. The van der Waals surface area contributed by atoms with E-state index in [4.69, 9.17) is 9.47 Å². The molecule has 1 aliphatic carbocycles. The van der Waals surface area contributed by atoms with Crippen molar-refractivity contribution in [3.05, 3.63) is 23.3 Å². The number of hydrogen-bond acceptors (Lipinski definition) is 2. The van der Waals surface area contributed by atoms with Crippen LogP contribution in [0.4, 0.5) is 0 Å². The van der Waals surface area contributed by atoms with Gasteiger partial charge in [0.25, 0.3) is 0 Å². The van der Waals surface area contributed by atoms with E-state index in [-0.39, 0.29) is 0 Å². The van der Waals surface area contributed by atoms with Crippen LogP contribution in [-0.4, -0.2) is 14.2 Å². The molecule has 0 spiro atoms. The fraction of sp³-hybridized carbons (Fsp3) is 0.200. The average molecular weight is 162 g/mol. The summed E-state index contributed by atoms with van der Waals surface area (Å²) in [5.41, 5.74) is 2.43. The molecule has 0 radical (unpaired) electrons. The Balaban J connectivity index is 2.49. The molecule has 0 bridgehead atoms. The van der Waals surface area contributed by atoms with Crippen molar-refractivity contribution < 1.29 is 9.47 Å². The van der Waals surface area contributed by atoms with Crippen molar-refractivity contribution in [2.24, 2.45) is 0 Å². The van der Waals surface area contributed by atoms with Crippen molar-refractivity contribution in [3.63, 3.8) is 0 Å². The standard InChI is InChI=1S/C10H10O2/c1-11-9-5-7-3-4-8(7)6-10(9)12-2/h3-6H,1-2H3. The second kappa shape index (κ2) is 2.55. The first kappa shape index (κ1) is 7.22. The minimum Gasteiger partial charge on any atom is -0.493 e. The van der Waals surface area contributed by atoms with Crippen LogP contribution in [0.15, 0.2) is 12.1 Å². The largest absolute Gasteiger partial charge is 0.493 e. The molecule has 0 amide bonds. The van der Waals surface area contributed by atoms with Gasteiger partial charge in [0.05, 0.1) is 14.2 Å². The maximum absolute atomic E-state index is 5.15. The molecule has 1 aromatic carbocycles. The Morgan fingerprint density at radius 3 is 1.50 bits per heavy atom. The van der Waals surface area contributed by atoms with Crippen molar-refractivity contribution in [2.75, 3.05) is 14.2 Å². The van der Waals surface area contributed by atoms with Gasteiger partial charge >= 0.3 is 0 Å². The van der Waals surface area contributed by atoms with E-state index in [1.54, 1.807) is 14.2 Å². The van der Waals surface area contributed by atoms with E-state index in [1.807, 2.05) is 12.1 Å². The molecule has 2 nitrogen and oxygen atoms in total. The Labute approximate surface area is 71.4 Å². The van der Waals surface area contributed by atoms with Crippen LogP contribution < -0.4 is 9.47 Å². The van der Waals surface area contributed by atoms with Gasteiger partial charge in [0.15, 0.2) is 11.5 Å². The Morgan fingerprint density at radius 1 is 0.833 bits per heavy atom. The van der Waals surface area contributed by atoms with Crippen molar-refractivity contribution in [1.82, 2.24) is 0 Å². The normalized spacial score (nSPS) is 11.8. The second-order valence-electron chi connectivity index (χ2n) is 2.67. The molecule has 0 unspecified atom stereocenters. The van der Waals surface area contributed by atoms with Gasteiger partial charge < -0.3 is 9.47 Å². The Bertz CT molecular complexity index is 307. The third-order valence-electron chi connectivity index (χ3n) is 2.03. The number of methoxy groups -OCH3 is 2. The lowest BCUT2D eigenvalue weighted by molar-refractivity contribution is 0.354. The Kier molecular flexibility index (Phi) is 1.54. The van der Waals surface area contributed by atoms with Crippen LogP contribution in [0, 0.1) is 0 Å².